The van der Waals surface area contributed by atoms with Gasteiger partial charge in [0, 0.05) is 25.2 Å². The second-order valence-corrected chi connectivity index (χ2v) is 7.47. The van der Waals surface area contributed by atoms with Crippen LogP contribution in [0, 0.1) is 11.7 Å². The summed E-state index contributed by atoms with van der Waals surface area (Å²) in [5.74, 6) is -0.0402. The molecule has 3 rings (SSSR count). The van der Waals surface area contributed by atoms with E-state index < -0.39 is 0 Å². The molecule has 1 aliphatic heterocycles. The van der Waals surface area contributed by atoms with Crippen LogP contribution in [0.4, 0.5) is 4.39 Å². The number of nitrogens with zero attached hydrogens (tertiary/aromatic N) is 2. The number of carbonyl (C=O) groups excluding carboxylic acids is 2. The molecule has 1 fully saturated rings. The maximum atomic E-state index is 13.0. The minimum Gasteiger partial charge on any atom is -0.346 e. The third-order valence-electron chi connectivity index (χ3n) is 4.63. The summed E-state index contributed by atoms with van der Waals surface area (Å²) in [6, 6.07) is 7.83. The van der Waals surface area contributed by atoms with Gasteiger partial charge >= 0.3 is 0 Å². The lowest BCUT2D eigenvalue weighted by atomic mass is 10.1. The molecule has 0 aliphatic carbocycles. The topological polar surface area (TPSA) is 78.1 Å². The molecule has 1 aromatic heterocycles. The highest BCUT2D eigenvalue weighted by atomic mass is 19.1. The predicted octanol–water partition coefficient (Wildman–Crippen LogP) is 2.32. The number of aromatic amines is 1. The normalized spacial score (nSPS) is 17.0. The van der Waals surface area contributed by atoms with Crippen molar-refractivity contribution in [2.75, 3.05) is 13.1 Å². The minimum absolute atomic E-state index is 0.0185. The van der Waals surface area contributed by atoms with Gasteiger partial charge in [0.15, 0.2) is 0 Å². The van der Waals surface area contributed by atoms with E-state index in [1.165, 1.54) is 12.1 Å². The molecular weight excluding hydrogens is 347 g/mol. The molecular formula is C20H25FN4O2. The summed E-state index contributed by atoms with van der Waals surface area (Å²) in [5.41, 5.74) is 2.26. The first kappa shape index (κ1) is 19.1. The number of benzene rings is 1. The fourth-order valence-corrected chi connectivity index (χ4v) is 3.28. The van der Waals surface area contributed by atoms with Crippen LogP contribution in [0.5, 0.6) is 0 Å². The highest BCUT2D eigenvalue weighted by Gasteiger charge is 2.30. The Morgan fingerprint density at radius 1 is 1.37 bits per heavy atom. The van der Waals surface area contributed by atoms with Crippen LogP contribution in [0.25, 0.3) is 0 Å². The van der Waals surface area contributed by atoms with Crippen molar-refractivity contribution in [3.05, 3.63) is 53.1 Å². The van der Waals surface area contributed by atoms with E-state index in [-0.39, 0.29) is 23.7 Å². The van der Waals surface area contributed by atoms with Crippen molar-refractivity contribution in [2.24, 2.45) is 5.92 Å². The molecule has 27 heavy (non-hydrogen) atoms. The second-order valence-electron chi connectivity index (χ2n) is 7.47. The van der Waals surface area contributed by atoms with Crippen molar-refractivity contribution in [2.45, 2.75) is 39.2 Å². The number of halogens is 1. The monoisotopic (exact) mass is 372 g/mol. The van der Waals surface area contributed by atoms with Crippen LogP contribution in [0.15, 0.2) is 30.3 Å². The lowest BCUT2D eigenvalue weighted by Crippen LogP contribution is -2.37. The van der Waals surface area contributed by atoms with Crippen molar-refractivity contribution in [1.29, 1.82) is 0 Å². The Labute approximate surface area is 158 Å². The molecule has 0 radical (unpaired) electrons. The van der Waals surface area contributed by atoms with Gasteiger partial charge in [0.1, 0.15) is 11.5 Å². The molecule has 2 aromatic rings. The van der Waals surface area contributed by atoms with Gasteiger partial charge in [0.2, 0.25) is 5.91 Å². The summed E-state index contributed by atoms with van der Waals surface area (Å²) in [6.45, 7) is 5.24. The van der Waals surface area contributed by atoms with Crippen molar-refractivity contribution in [1.82, 2.24) is 20.4 Å². The van der Waals surface area contributed by atoms with Crippen molar-refractivity contribution in [3.8, 4) is 0 Å². The third-order valence-corrected chi connectivity index (χ3v) is 4.63. The third kappa shape index (κ3) is 5.15. The number of nitrogens with one attached hydrogen (secondary N) is 2. The molecule has 1 aliphatic rings. The Morgan fingerprint density at radius 3 is 2.81 bits per heavy atom. The van der Waals surface area contributed by atoms with E-state index in [1.54, 1.807) is 23.1 Å². The van der Waals surface area contributed by atoms with E-state index >= 15 is 0 Å². The first-order valence-electron chi connectivity index (χ1n) is 9.28. The number of rotatable bonds is 7. The van der Waals surface area contributed by atoms with Crippen molar-refractivity contribution in [3.63, 3.8) is 0 Å². The Morgan fingerprint density at radius 2 is 2.11 bits per heavy atom. The number of hydrogen-bond acceptors (Lipinski definition) is 3. The average Bonchev–Trinajstić information content (AvgIpc) is 3.20. The van der Waals surface area contributed by atoms with E-state index in [1.807, 2.05) is 0 Å². The van der Waals surface area contributed by atoms with Gasteiger partial charge in [-0.05, 0) is 42.5 Å². The number of hydrogen-bond donors (Lipinski definition) is 2. The summed E-state index contributed by atoms with van der Waals surface area (Å²) in [7, 11) is 0. The highest BCUT2D eigenvalue weighted by molar-refractivity contribution is 5.93. The number of aromatic nitrogens is 2. The van der Waals surface area contributed by atoms with Crippen molar-refractivity contribution >= 4 is 11.8 Å². The van der Waals surface area contributed by atoms with Gasteiger partial charge in [-0.3, -0.25) is 14.7 Å². The molecule has 1 unspecified atom stereocenters. The fraction of sp³-hybridized carbons (Fsp3) is 0.450. The Bertz CT molecular complexity index is 801. The molecule has 0 spiro atoms. The first-order valence-corrected chi connectivity index (χ1v) is 9.28. The largest absolute Gasteiger partial charge is 0.346 e. The quantitative estimate of drug-likeness (QED) is 0.783. The smallest absolute Gasteiger partial charge is 0.272 e. The van der Waals surface area contributed by atoms with Crippen LogP contribution in [0.3, 0.4) is 0 Å². The number of likely N-dealkylation sites (tertiary alicyclic amines) is 1. The van der Waals surface area contributed by atoms with Gasteiger partial charge < -0.3 is 10.2 Å². The summed E-state index contributed by atoms with van der Waals surface area (Å²) in [5, 5.41) is 9.85. The predicted molar refractivity (Wildman–Crippen MR) is 99.7 cm³/mol. The van der Waals surface area contributed by atoms with Gasteiger partial charge in [-0.1, -0.05) is 26.0 Å². The van der Waals surface area contributed by atoms with Gasteiger partial charge in [-0.2, -0.15) is 5.10 Å². The molecule has 2 amide bonds. The Hall–Kier alpha value is -2.70. The fourth-order valence-electron chi connectivity index (χ4n) is 3.28. The molecule has 6 nitrogen and oxygen atoms in total. The van der Waals surface area contributed by atoms with E-state index in [9.17, 15) is 14.0 Å². The molecule has 1 atom stereocenters. The highest BCUT2D eigenvalue weighted by Crippen LogP contribution is 2.14. The standard InChI is InChI=1S/C20H25FN4O2/c1-13(2)9-16-10-18(24-23-16)20(27)22-17-11-19(26)25(12-17)8-7-14-3-5-15(21)6-4-14/h3-6,10,13,17H,7-9,11-12H2,1-2H3,(H,22,27)(H,23,24). The molecule has 1 saturated heterocycles. The van der Waals surface area contributed by atoms with Gasteiger partial charge in [-0.15, -0.1) is 0 Å². The average molecular weight is 372 g/mol. The van der Waals surface area contributed by atoms with Crippen LogP contribution >= 0.6 is 0 Å². The zero-order valence-electron chi connectivity index (χ0n) is 15.7. The van der Waals surface area contributed by atoms with E-state index in [0.29, 0.717) is 37.5 Å². The summed E-state index contributed by atoms with van der Waals surface area (Å²) in [6.07, 6.45) is 1.78. The lowest BCUT2D eigenvalue weighted by molar-refractivity contribution is -0.127. The molecule has 2 N–H and O–H groups in total. The number of carbonyl (C=O) groups is 2. The minimum atomic E-state index is -0.270. The lowest BCUT2D eigenvalue weighted by Gasteiger charge is -2.17. The Kier molecular flexibility index (Phi) is 5.88. The zero-order chi connectivity index (χ0) is 19.4. The van der Waals surface area contributed by atoms with Crippen LogP contribution in [0.2, 0.25) is 0 Å². The van der Waals surface area contributed by atoms with Crippen LogP contribution in [0.1, 0.15) is 42.0 Å². The summed E-state index contributed by atoms with van der Waals surface area (Å²) >= 11 is 0. The van der Waals surface area contributed by atoms with Crippen molar-refractivity contribution < 1.29 is 14.0 Å². The van der Waals surface area contributed by atoms with Crippen LogP contribution in [-0.2, 0) is 17.6 Å². The molecule has 0 saturated carbocycles. The van der Waals surface area contributed by atoms with E-state index in [4.69, 9.17) is 0 Å². The van der Waals surface area contributed by atoms with Gasteiger partial charge in [0.05, 0.1) is 6.04 Å². The molecule has 144 valence electrons. The second kappa shape index (κ2) is 8.33. The molecule has 7 heteroatoms. The number of H-pyrrole nitrogens is 1. The van der Waals surface area contributed by atoms with E-state index in [2.05, 4.69) is 29.4 Å². The molecule has 0 bridgehead atoms. The maximum absolute atomic E-state index is 13.0. The van der Waals surface area contributed by atoms with Crippen LogP contribution in [-0.4, -0.2) is 46.0 Å². The van der Waals surface area contributed by atoms with Crippen LogP contribution < -0.4 is 5.32 Å². The number of amides is 2. The van der Waals surface area contributed by atoms with Gasteiger partial charge in [0.25, 0.3) is 5.91 Å². The molecule has 1 aromatic carbocycles. The summed E-state index contributed by atoms with van der Waals surface area (Å²) < 4.78 is 13.0. The maximum Gasteiger partial charge on any atom is 0.272 e. The van der Waals surface area contributed by atoms with Gasteiger partial charge in [-0.25, -0.2) is 4.39 Å². The zero-order valence-corrected chi connectivity index (χ0v) is 15.7. The van der Waals surface area contributed by atoms with E-state index in [0.717, 1.165) is 17.7 Å². The first-order chi connectivity index (χ1) is 12.9. The Balaban J connectivity index is 1.50. The molecule has 2 heterocycles. The SMILES string of the molecule is CC(C)Cc1cc(C(=O)NC2CC(=O)N(CCc3ccc(F)cc3)C2)n[nH]1. The summed E-state index contributed by atoms with van der Waals surface area (Å²) in [4.78, 5) is 26.3.